The van der Waals surface area contributed by atoms with Gasteiger partial charge in [0.1, 0.15) is 17.3 Å². The molecule has 0 aliphatic heterocycles. The van der Waals surface area contributed by atoms with E-state index in [-0.39, 0.29) is 11.4 Å². The average molecular weight is 353 g/mol. The van der Waals surface area contributed by atoms with Crippen LogP contribution < -0.4 is 10.1 Å². The van der Waals surface area contributed by atoms with E-state index in [0.717, 1.165) is 5.56 Å². The molecular weight excluding hydrogens is 335 g/mol. The number of hydrogen-bond acceptors (Lipinski definition) is 3. The zero-order valence-corrected chi connectivity index (χ0v) is 13.9. The highest BCUT2D eigenvalue weighted by Gasteiger charge is 2.12. The van der Waals surface area contributed by atoms with Gasteiger partial charge < -0.3 is 10.1 Å². The lowest BCUT2D eigenvalue weighted by atomic mass is 10.1. The third-order valence-corrected chi connectivity index (χ3v) is 3.41. The van der Waals surface area contributed by atoms with Crippen molar-refractivity contribution in [1.82, 2.24) is 10.3 Å². The van der Waals surface area contributed by atoms with E-state index >= 15 is 0 Å². The molecule has 3 nitrogen and oxygen atoms in total. The van der Waals surface area contributed by atoms with E-state index in [1.807, 2.05) is 6.07 Å². The summed E-state index contributed by atoms with van der Waals surface area (Å²) < 4.78 is 19.5. The molecule has 0 fully saturated rings. The molecule has 112 valence electrons. The van der Waals surface area contributed by atoms with Gasteiger partial charge in [0.2, 0.25) is 0 Å². The summed E-state index contributed by atoms with van der Waals surface area (Å²) >= 11 is 3.30. The van der Waals surface area contributed by atoms with Crippen molar-refractivity contribution < 1.29 is 9.13 Å². The quantitative estimate of drug-likeness (QED) is 0.868. The Kier molecular flexibility index (Phi) is 4.96. The van der Waals surface area contributed by atoms with Crippen LogP contribution in [-0.4, -0.2) is 10.5 Å². The second-order valence-electron chi connectivity index (χ2n) is 5.76. The normalized spacial score (nSPS) is 11.5. The van der Waals surface area contributed by atoms with Gasteiger partial charge in [-0.25, -0.2) is 4.39 Å². The summed E-state index contributed by atoms with van der Waals surface area (Å²) in [5, 5.41) is 3.41. The van der Waals surface area contributed by atoms with E-state index in [0.29, 0.717) is 22.5 Å². The second kappa shape index (κ2) is 6.54. The molecule has 1 aromatic heterocycles. The van der Waals surface area contributed by atoms with Crippen molar-refractivity contribution in [2.45, 2.75) is 32.9 Å². The maximum atomic E-state index is 13.1. The van der Waals surface area contributed by atoms with Crippen molar-refractivity contribution in [3.8, 4) is 11.5 Å². The predicted molar refractivity (Wildman–Crippen MR) is 85.0 cm³/mol. The summed E-state index contributed by atoms with van der Waals surface area (Å²) in [5.41, 5.74) is 1.01. The molecule has 2 rings (SSSR count). The first-order valence-electron chi connectivity index (χ1n) is 6.66. The van der Waals surface area contributed by atoms with Crippen molar-refractivity contribution in [1.29, 1.82) is 0 Å². The average Bonchev–Trinajstić information content (AvgIpc) is 2.40. The first-order valence-corrected chi connectivity index (χ1v) is 7.45. The van der Waals surface area contributed by atoms with Crippen LogP contribution >= 0.6 is 15.9 Å². The number of hydrogen-bond donors (Lipinski definition) is 1. The minimum absolute atomic E-state index is 0.0109. The number of nitrogens with zero attached hydrogens (tertiary/aromatic N) is 1. The smallest absolute Gasteiger partial charge is 0.150 e. The molecule has 2 aromatic rings. The molecule has 21 heavy (non-hydrogen) atoms. The van der Waals surface area contributed by atoms with Gasteiger partial charge >= 0.3 is 0 Å². The summed E-state index contributed by atoms with van der Waals surface area (Å²) in [6.07, 6.45) is 3.39. The fraction of sp³-hybridized carbons (Fsp3) is 0.312. The summed E-state index contributed by atoms with van der Waals surface area (Å²) in [6, 6.07) is 6.24. The molecular formula is C16H18BrFN2O. The lowest BCUT2D eigenvalue weighted by Crippen LogP contribution is -2.35. The van der Waals surface area contributed by atoms with Gasteiger partial charge in [-0.3, -0.25) is 4.98 Å². The summed E-state index contributed by atoms with van der Waals surface area (Å²) in [6.45, 7) is 6.97. The number of aromatic nitrogens is 1. The van der Waals surface area contributed by atoms with Crippen LogP contribution in [0.3, 0.4) is 0 Å². The Hall–Kier alpha value is -1.46. The zero-order valence-electron chi connectivity index (χ0n) is 12.3. The van der Waals surface area contributed by atoms with Gasteiger partial charge in [-0.1, -0.05) is 0 Å². The van der Waals surface area contributed by atoms with E-state index in [4.69, 9.17) is 4.74 Å². The van der Waals surface area contributed by atoms with Gasteiger partial charge in [0.25, 0.3) is 0 Å². The fourth-order valence-electron chi connectivity index (χ4n) is 1.68. The highest BCUT2D eigenvalue weighted by atomic mass is 79.9. The molecule has 0 bridgehead atoms. The Morgan fingerprint density at radius 3 is 2.67 bits per heavy atom. The number of nitrogens with one attached hydrogen (secondary N) is 1. The number of benzene rings is 1. The summed E-state index contributed by atoms with van der Waals surface area (Å²) in [4.78, 5) is 4.09. The molecule has 0 radical (unpaired) electrons. The van der Waals surface area contributed by atoms with Gasteiger partial charge in [-0.05, 0) is 61.0 Å². The van der Waals surface area contributed by atoms with E-state index in [1.54, 1.807) is 18.5 Å². The Morgan fingerprint density at radius 2 is 2.00 bits per heavy atom. The number of halogens is 2. The lowest BCUT2D eigenvalue weighted by Gasteiger charge is -2.21. The first kappa shape index (κ1) is 15.9. The minimum atomic E-state index is -0.310. The Morgan fingerprint density at radius 1 is 1.24 bits per heavy atom. The van der Waals surface area contributed by atoms with E-state index < -0.39 is 0 Å². The van der Waals surface area contributed by atoms with E-state index in [1.165, 1.54) is 12.1 Å². The molecule has 1 aromatic carbocycles. The maximum absolute atomic E-state index is 13.1. The standard InChI is InChI=1S/C16H18BrFN2O/c1-16(2,3)20-9-11-6-7-19-10-15(11)21-14-5-4-12(18)8-13(14)17/h4-8,10,20H,9H2,1-3H3. The van der Waals surface area contributed by atoms with Crippen LogP contribution in [0, 0.1) is 5.82 Å². The van der Waals surface area contributed by atoms with Crippen LogP contribution in [0.15, 0.2) is 41.1 Å². The third-order valence-electron chi connectivity index (χ3n) is 2.79. The Labute approximate surface area is 132 Å². The zero-order chi connectivity index (χ0) is 15.5. The van der Waals surface area contributed by atoms with Gasteiger partial charge in [0.15, 0.2) is 0 Å². The van der Waals surface area contributed by atoms with Crippen LogP contribution in [0.4, 0.5) is 4.39 Å². The molecule has 0 saturated carbocycles. The lowest BCUT2D eigenvalue weighted by molar-refractivity contribution is 0.413. The first-order chi connectivity index (χ1) is 9.85. The number of ether oxygens (including phenoxy) is 1. The number of rotatable bonds is 4. The molecule has 0 aliphatic rings. The Bertz CT molecular complexity index is 626. The van der Waals surface area contributed by atoms with Gasteiger partial charge in [-0.15, -0.1) is 0 Å². The van der Waals surface area contributed by atoms with Crippen LogP contribution in [0.5, 0.6) is 11.5 Å². The molecule has 0 atom stereocenters. The molecule has 0 spiro atoms. The van der Waals surface area contributed by atoms with Crippen molar-refractivity contribution in [3.05, 3.63) is 52.5 Å². The van der Waals surface area contributed by atoms with Crippen LogP contribution in [0.25, 0.3) is 0 Å². The summed E-state index contributed by atoms with van der Waals surface area (Å²) in [7, 11) is 0. The topological polar surface area (TPSA) is 34.2 Å². The predicted octanol–water partition coefficient (Wildman–Crippen LogP) is 4.66. The molecule has 0 amide bonds. The van der Waals surface area contributed by atoms with Gasteiger partial charge in [0, 0.05) is 23.8 Å². The summed E-state index contributed by atoms with van der Waals surface area (Å²) in [5.74, 6) is 0.901. The van der Waals surface area contributed by atoms with E-state index in [9.17, 15) is 4.39 Å². The molecule has 0 saturated heterocycles. The molecule has 1 N–H and O–H groups in total. The van der Waals surface area contributed by atoms with Crippen molar-refractivity contribution in [2.24, 2.45) is 0 Å². The highest BCUT2D eigenvalue weighted by molar-refractivity contribution is 9.10. The molecule has 5 heteroatoms. The molecule has 0 unspecified atom stereocenters. The van der Waals surface area contributed by atoms with Crippen LogP contribution in [-0.2, 0) is 6.54 Å². The SMILES string of the molecule is CC(C)(C)NCc1ccncc1Oc1ccc(F)cc1Br. The van der Waals surface area contributed by atoms with Crippen molar-refractivity contribution >= 4 is 15.9 Å². The maximum Gasteiger partial charge on any atom is 0.150 e. The van der Waals surface area contributed by atoms with Gasteiger partial charge in [0.05, 0.1) is 10.7 Å². The van der Waals surface area contributed by atoms with Crippen molar-refractivity contribution in [2.75, 3.05) is 0 Å². The largest absolute Gasteiger partial charge is 0.454 e. The molecule has 1 heterocycles. The molecule has 0 aliphatic carbocycles. The van der Waals surface area contributed by atoms with Crippen LogP contribution in [0.1, 0.15) is 26.3 Å². The van der Waals surface area contributed by atoms with E-state index in [2.05, 4.69) is 47.0 Å². The van der Waals surface area contributed by atoms with Gasteiger partial charge in [-0.2, -0.15) is 0 Å². The minimum Gasteiger partial charge on any atom is -0.454 e. The highest BCUT2D eigenvalue weighted by Crippen LogP contribution is 2.31. The second-order valence-corrected chi connectivity index (χ2v) is 6.62. The third kappa shape index (κ3) is 4.79. The monoisotopic (exact) mass is 352 g/mol. The fourth-order valence-corrected chi connectivity index (χ4v) is 2.12. The number of pyridine rings is 1. The van der Waals surface area contributed by atoms with Crippen molar-refractivity contribution in [3.63, 3.8) is 0 Å². The Balaban J connectivity index is 2.20. The van der Waals surface area contributed by atoms with Crippen LogP contribution in [0.2, 0.25) is 0 Å².